The van der Waals surface area contributed by atoms with E-state index in [-0.39, 0.29) is 11.8 Å². The zero-order valence-electron chi connectivity index (χ0n) is 18.3. The molecule has 1 saturated carbocycles. The molecule has 1 aliphatic heterocycles. The van der Waals surface area contributed by atoms with Gasteiger partial charge in [0.1, 0.15) is 0 Å². The van der Waals surface area contributed by atoms with Crippen molar-refractivity contribution in [2.75, 3.05) is 6.54 Å². The number of aromatic hydroxyl groups is 1. The number of amides is 1. The molecule has 7 heteroatoms. The maximum atomic E-state index is 12.3. The van der Waals surface area contributed by atoms with Crippen LogP contribution in [0, 0.1) is 10.8 Å². The van der Waals surface area contributed by atoms with E-state index in [0.29, 0.717) is 34.1 Å². The van der Waals surface area contributed by atoms with Crippen LogP contribution in [-0.2, 0) is 6.67 Å². The Morgan fingerprint density at radius 1 is 1.23 bits per heavy atom. The van der Waals surface area contributed by atoms with Gasteiger partial charge in [0, 0.05) is 23.6 Å². The van der Waals surface area contributed by atoms with Crippen LogP contribution in [0.2, 0.25) is 0 Å². The summed E-state index contributed by atoms with van der Waals surface area (Å²) in [6.07, 6.45) is 3.70. The topological polar surface area (TPSA) is 71.4 Å². The fourth-order valence-electron chi connectivity index (χ4n) is 6.21. The molecule has 0 radical (unpaired) electrons. The zero-order chi connectivity index (χ0) is 21.8. The third-order valence-corrected chi connectivity index (χ3v) is 7.78. The molecular weight excluding hydrogens is 408 g/mol. The van der Waals surface area contributed by atoms with Gasteiger partial charge in [-0.2, -0.15) is 0 Å². The van der Waals surface area contributed by atoms with Crippen LogP contribution in [0.25, 0.3) is 10.9 Å². The first-order valence-corrected chi connectivity index (χ1v) is 11.8. The molecule has 1 aromatic carbocycles. The van der Waals surface area contributed by atoms with Crippen LogP contribution < -0.4 is 4.90 Å². The van der Waals surface area contributed by atoms with Crippen molar-refractivity contribution in [1.29, 1.82) is 0 Å². The highest BCUT2D eigenvalue weighted by Gasteiger charge is 2.52. The number of carbonyl (C=O) groups excluding carboxylic acids is 1. The summed E-state index contributed by atoms with van der Waals surface area (Å²) in [5.74, 6) is -0.303. The number of carbonyl (C=O) groups is 1. The average Bonchev–Trinajstić information content (AvgIpc) is 3.37. The maximum absolute atomic E-state index is 12.3. The van der Waals surface area contributed by atoms with Crippen molar-refractivity contribution in [3.63, 3.8) is 0 Å². The summed E-state index contributed by atoms with van der Waals surface area (Å²) in [5.41, 5.74) is 2.02. The molecular formula is C24H29N4O2S+. The standard InChI is InChI=1S/C24H28N4O2S/c1-23(2)11-16-12-24(3,13-23)14-27(16)15-28-18-8-5-4-7-17(18)20(22(28)30)25-26-21(29)19-9-6-10-31-19/h4-10,16,30H,11-15H2,1-3H3/p+1/t16-,24-/m1/s1. The van der Waals surface area contributed by atoms with Gasteiger partial charge >= 0.3 is 5.91 Å². The van der Waals surface area contributed by atoms with E-state index in [0.717, 1.165) is 17.4 Å². The Morgan fingerprint density at radius 2 is 2.03 bits per heavy atom. The van der Waals surface area contributed by atoms with Crippen molar-refractivity contribution in [2.24, 2.45) is 21.1 Å². The lowest BCUT2D eigenvalue weighted by molar-refractivity contribution is -0.936. The summed E-state index contributed by atoms with van der Waals surface area (Å²) in [4.78, 5) is 14.3. The van der Waals surface area contributed by atoms with E-state index in [1.807, 2.05) is 40.3 Å². The number of azo groups is 1. The Hall–Kier alpha value is -2.51. The normalized spacial score (nSPS) is 27.3. The van der Waals surface area contributed by atoms with Gasteiger partial charge in [0.15, 0.2) is 12.4 Å². The zero-order valence-corrected chi connectivity index (χ0v) is 19.1. The molecule has 2 fully saturated rings. The molecule has 2 aromatic heterocycles. The number of rotatable bonds is 4. The Kier molecular flexibility index (Phi) is 4.79. The molecule has 5 rings (SSSR count). The minimum absolute atomic E-state index is 0.0855. The first-order chi connectivity index (χ1) is 14.7. The van der Waals surface area contributed by atoms with Crippen LogP contribution in [0.4, 0.5) is 5.69 Å². The SMILES string of the molecule is CC1(C)C[C@@H]2C[C@@](C)(C[NH+]2Cn2c(O)c(N=NC(=O)c3cccs3)c3ccccc32)C1. The predicted octanol–water partition coefficient (Wildman–Crippen LogP) is 4.77. The number of para-hydroxylation sites is 1. The van der Waals surface area contributed by atoms with Gasteiger partial charge in [-0.25, -0.2) is 0 Å². The van der Waals surface area contributed by atoms with Gasteiger partial charge in [-0.1, -0.05) is 45.0 Å². The molecule has 162 valence electrons. The molecule has 2 bridgehead atoms. The lowest BCUT2D eigenvalue weighted by atomic mass is 9.65. The highest BCUT2D eigenvalue weighted by molar-refractivity contribution is 7.12. The molecule has 1 aliphatic carbocycles. The number of fused-ring (bicyclic) bond motifs is 3. The summed E-state index contributed by atoms with van der Waals surface area (Å²) < 4.78 is 1.95. The first kappa shape index (κ1) is 20.4. The minimum Gasteiger partial charge on any atom is -0.493 e. The monoisotopic (exact) mass is 437 g/mol. The number of hydrogen-bond acceptors (Lipinski definition) is 4. The van der Waals surface area contributed by atoms with Gasteiger partial charge in [-0.3, -0.25) is 9.36 Å². The van der Waals surface area contributed by atoms with E-state index < -0.39 is 0 Å². The second kappa shape index (κ2) is 7.28. The number of thiophene rings is 1. The lowest BCUT2D eigenvalue weighted by Crippen LogP contribution is -3.13. The molecule has 0 spiro atoms. The van der Waals surface area contributed by atoms with Crippen LogP contribution in [0.15, 0.2) is 52.0 Å². The second-order valence-electron chi connectivity index (χ2n) is 10.3. The maximum Gasteiger partial charge on any atom is 0.305 e. The van der Waals surface area contributed by atoms with Crippen LogP contribution in [-0.4, -0.2) is 28.2 Å². The predicted molar refractivity (Wildman–Crippen MR) is 122 cm³/mol. The summed E-state index contributed by atoms with van der Waals surface area (Å²) in [7, 11) is 0. The summed E-state index contributed by atoms with van der Waals surface area (Å²) in [5, 5.41) is 21.8. The van der Waals surface area contributed by atoms with Gasteiger partial charge in [0.2, 0.25) is 5.88 Å². The third-order valence-electron chi connectivity index (χ3n) is 6.93. The quantitative estimate of drug-likeness (QED) is 0.577. The number of hydrogen-bond donors (Lipinski definition) is 2. The van der Waals surface area contributed by atoms with E-state index in [9.17, 15) is 9.90 Å². The Morgan fingerprint density at radius 3 is 2.81 bits per heavy atom. The second-order valence-corrected chi connectivity index (χ2v) is 11.3. The largest absolute Gasteiger partial charge is 0.493 e. The molecule has 3 atom stereocenters. The molecule has 2 aliphatic rings. The van der Waals surface area contributed by atoms with E-state index >= 15 is 0 Å². The lowest BCUT2D eigenvalue weighted by Gasteiger charge is -2.37. The Bertz CT molecular complexity index is 1160. The van der Waals surface area contributed by atoms with Crippen molar-refractivity contribution >= 4 is 33.8 Å². The van der Waals surface area contributed by atoms with Crippen molar-refractivity contribution in [3.05, 3.63) is 46.7 Å². The molecule has 31 heavy (non-hydrogen) atoms. The van der Waals surface area contributed by atoms with Crippen molar-refractivity contribution in [3.8, 4) is 5.88 Å². The average molecular weight is 438 g/mol. The number of benzene rings is 1. The molecule has 1 amide bonds. The summed E-state index contributed by atoms with van der Waals surface area (Å²) >= 11 is 1.33. The number of quaternary nitrogens is 1. The summed E-state index contributed by atoms with van der Waals surface area (Å²) in [6, 6.07) is 12.0. The van der Waals surface area contributed by atoms with Crippen LogP contribution in [0.1, 0.15) is 49.7 Å². The number of likely N-dealkylation sites (tertiary alicyclic amines) is 1. The number of nitrogens with zero attached hydrogens (tertiary/aromatic N) is 3. The highest BCUT2D eigenvalue weighted by Crippen LogP contribution is 2.47. The van der Waals surface area contributed by atoms with Gasteiger partial charge in [0.25, 0.3) is 0 Å². The highest BCUT2D eigenvalue weighted by atomic mass is 32.1. The van der Waals surface area contributed by atoms with Crippen molar-refractivity contribution in [2.45, 2.75) is 52.7 Å². The van der Waals surface area contributed by atoms with Crippen LogP contribution in [0.3, 0.4) is 0 Å². The smallest absolute Gasteiger partial charge is 0.305 e. The van der Waals surface area contributed by atoms with Crippen LogP contribution >= 0.6 is 11.3 Å². The Balaban J connectivity index is 1.48. The minimum atomic E-state index is -0.389. The van der Waals surface area contributed by atoms with Gasteiger partial charge < -0.3 is 10.0 Å². The third kappa shape index (κ3) is 3.70. The molecule has 2 N–H and O–H groups in total. The van der Waals surface area contributed by atoms with Crippen molar-refractivity contribution in [1.82, 2.24) is 4.57 Å². The Labute approximate surface area is 186 Å². The van der Waals surface area contributed by atoms with E-state index in [1.165, 1.54) is 35.5 Å². The molecule has 1 unspecified atom stereocenters. The fraction of sp³-hybridized carbons (Fsp3) is 0.458. The van der Waals surface area contributed by atoms with Gasteiger partial charge in [-0.15, -0.1) is 21.6 Å². The van der Waals surface area contributed by atoms with E-state index in [2.05, 4.69) is 31.0 Å². The molecule has 1 saturated heterocycles. The van der Waals surface area contributed by atoms with E-state index in [1.54, 1.807) is 6.07 Å². The van der Waals surface area contributed by atoms with Crippen LogP contribution in [0.5, 0.6) is 5.88 Å². The number of aromatic nitrogens is 1. The van der Waals surface area contributed by atoms with E-state index in [4.69, 9.17) is 0 Å². The summed E-state index contributed by atoms with van der Waals surface area (Å²) in [6.45, 7) is 8.98. The van der Waals surface area contributed by atoms with Gasteiger partial charge in [-0.05, 0) is 29.3 Å². The first-order valence-electron chi connectivity index (χ1n) is 10.9. The van der Waals surface area contributed by atoms with Crippen molar-refractivity contribution < 1.29 is 14.8 Å². The van der Waals surface area contributed by atoms with Gasteiger partial charge in [0.05, 0.1) is 23.0 Å². The fourth-order valence-corrected chi connectivity index (χ4v) is 6.82. The molecule has 3 aromatic rings. The number of nitrogens with one attached hydrogen (secondary N) is 1. The molecule has 6 nitrogen and oxygen atoms in total. The molecule has 3 heterocycles.